The third-order valence-electron chi connectivity index (χ3n) is 9.04. The summed E-state index contributed by atoms with van der Waals surface area (Å²) in [6.07, 6.45) is 9.10. The summed E-state index contributed by atoms with van der Waals surface area (Å²) in [5, 5.41) is 7.78. The largest absolute Gasteiger partial charge is 0.375 e. The first-order chi connectivity index (χ1) is 18.9. The van der Waals surface area contributed by atoms with E-state index in [0.717, 1.165) is 38.8 Å². The Morgan fingerprint density at radius 1 is 0.756 bits per heavy atom. The number of hydrogen-bond acceptors (Lipinski definition) is 5. The van der Waals surface area contributed by atoms with Crippen LogP contribution in [-0.4, -0.2) is 73.0 Å². The molecule has 2 saturated heterocycles. The minimum atomic E-state index is 0.113. The standard InChI is InChI=1S/C36H64N4O/c1-33(2,3)26-39-18-16-31(17-19-39)41-32-21-29(22-32)38-36(9,10)25-35(7,8)23-27-11-13-30(14-12-27)40-20-15-28(24-40)37-34(4,5)6/h11-14,28-29,31-32,37-38H,15-26H2,1-10H3/t28-,29-,32-/m0/s1. The van der Waals surface area contributed by atoms with Gasteiger partial charge in [0.2, 0.25) is 0 Å². The van der Waals surface area contributed by atoms with Gasteiger partial charge in [-0.05, 0) is 108 Å². The van der Waals surface area contributed by atoms with Crippen LogP contribution >= 0.6 is 0 Å². The third kappa shape index (κ3) is 10.8. The van der Waals surface area contributed by atoms with E-state index in [9.17, 15) is 0 Å². The van der Waals surface area contributed by atoms with E-state index < -0.39 is 0 Å². The van der Waals surface area contributed by atoms with E-state index in [1.807, 2.05) is 0 Å². The van der Waals surface area contributed by atoms with E-state index in [4.69, 9.17) is 4.74 Å². The minimum Gasteiger partial charge on any atom is -0.375 e. The average molecular weight is 569 g/mol. The zero-order valence-electron chi connectivity index (χ0n) is 28.4. The van der Waals surface area contributed by atoms with Gasteiger partial charge in [0.15, 0.2) is 0 Å². The maximum atomic E-state index is 6.53. The lowest BCUT2D eigenvalue weighted by atomic mass is 9.75. The highest BCUT2D eigenvalue weighted by atomic mass is 16.5. The number of likely N-dealkylation sites (tertiary alicyclic amines) is 1. The lowest BCUT2D eigenvalue weighted by Crippen LogP contribution is -2.55. The number of benzene rings is 1. The first-order valence-corrected chi connectivity index (χ1v) is 16.7. The third-order valence-corrected chi connectivity index (χ3v) is 9.04. The summed E-state index contributed by atoms with van der Waals surface area (Å²) >= 11 is 0. The van der Waals surface area contributed by atoms with Gasteiger partial charge in [-0.1, -0.05) is 46.8 Å². The molecule has 4 rings (SSSR count). The van der Waals surface area contributed by atoms with Crippen LogP contribution in [0.2, 0.25) is 0 Å². The van der Waals surface area contributed by atoms with E-state index in [1.165, 1.54) is 50.1 Å². The molecule has 0 unspecified atom stereocenters. The van der Waals surface area contributed by atoms with Crippen molar-refractivity contribution < 1.29 is 4.74 Å². The Balaban J connectivity index is 1.16. The first kappa shape index (κ1) is 32.8. The lowest BCUT2D eigenvalue weighted by Gasteiger charge is -2.45. The fourth-order valence-corrected chi connectivity index (χ4v) is 7.91. The van der Waals surface area contributed by atoms with E-state index in [-0.39, 0.29) is 16.5 Å². The van der Waals surface area contributed by atoms with Crippen molar-refractivity contribution in [2.45, 2.75) is 150 Å². The van der Waals surface area contributed by atoms with Crippen LogP contribution in [0, 0.1) is 10.8 Å². The number of anilines is 1. The van der Waals surface area contributed by atoms with Crippen molar-refractivity contribution in [3.05, 3.63) is 29.8 Å². The Morgan fingerprint density at radius 2 is 1.39 bits per heavy atom. The zero-order chi connectivity index (χ0) is 30.1. The molecule has 1 aromatic rings. The molecule has 0 bridgehead atoms. The molecule has 0 aromatic heterocycles. The van der Waals surface area contributed by atoms with Crippen LogP contribution in [0.4, 0.5) is 5.69 Å². The minimum absolute atomic E-state index is 0.113. The van der Waals surface area contributed by atoms with Crippen LogP contribution < -0.4 is 15.5 Å². The van der Waals surface area contributed by atoms with Crippen LogP contribution in [0.25, 0.3) is 0 Å². The second-order valence-corrected chi connectivity index (χ2v) is 17.5. The highest BCUT2D eigenvalue weighted by molar-refractivity contribution is 5.49. The maximum Gasteiger partial charge on any atom is 0.0608 e. The van der Waals surface area contributed by atoms with Crippen molar-refractivity contribution in [2.75, 3.05) is 37.6 Å². The predicted molar refractivity (Wildman–Crippen MR) is 176 cm³/mol. The summed E-state index contributed by atoms with van der Waals surface area (Å²) in [4.78, 5) is 5.16. The molecule has 0 amide bonds. The summed E-state index contributed by atoms with van der Waals surface area (Å²) < 4.78 is 6.53. The van der Waals surface area contributed by atoms with Gasteiger partial charge in [0.25, 0.3) is 0 Å². The lowest BCUT2D eigenvalue weighted by molar-refractivity contribution is -0.0891. The van der Waals surface area contributed by atoms with Gasteiger partial charge in [0.1, 0.15) is 0 Å². The topological polar surface area (TPSA) is 39.8 Å². The summed E-state index contributed by atoms with van der Waals surface area (Å²) in [7, 11) is 0. The Morgan fingerprint density at radius 3 is 1.98 bits per heavy atom. The molecule has 1 atom stereocenters. The van der Waals surface area contributed by atoms with Gasteiger partial charge >= 0.3 is 0 Å². The number of hydrogen-bond donors (Lipinski definition) is 2. The van der Waals surface area contributed by atoms with E-state index in [2.05, 4.69) is 114 Å². The van der Waals surface area contributed by atoms with Gasteiger partial charge < -0.3 is 25.2 Å². The molecular weight excluding hydrogens is 504 g/mol. The fraction of sp³-hybridized carbons (Fsp3) is 0.833. The van der Waals surface area contributed by atoms with Crippen molar-refractivity contribution >= 4 is 5.69 Å². The highest BCUT2D eigenvalue weighted by Crippen LogP contribution is 2.35. The monoisotopic (exact) mass is 569 g/mol. The molecule has 3 aliphatic rings. The summed E-state index contributed by atoms with van der Waals surface area (Å²) in [5.74, 6) is 0. The quantitative estimate of drug-likeness (QED) is 0.300. The van der Waals surface area contributed by atoms with Crippen LogP contribution in [0.15, 0.2) is 24.3 Å². The van der Waals surface area contributed by atoms with Gasteiger partial charge in [0.05, 0.1) is 12.2 Å². The van der Waals surface area contributed by atoms with Crippen molar-refractivity contribution in [2.24, 2.45) is 10.8 Å². The van der Waals surface area contributed by atoms with Crippen LogP contribution in [-0.2, 0) is 11.2 Å². The molecule has 2 aliphatic heterocycles. The summed E-state index contributed by atoms with van der Waals surface area (Å²) in [6, 6.07) is 10.6. The number of nitrogens with one attached hydrogen (secondary N) is 2. The Bertz CT molecular complexity index is 943. The SMILES string of the molecule is CC(C)(C)CN1CCC(O[C@H]2C[C@H](NC(C)(C)CC(C)(C)Cc3ccc(N4CC[C@H](NC(C)(C)C)C4)cc3)C2)CC1. The van der Waals surface area contributed by atoms with E-state index >= 15 is 0 Å². The van der Waals surface area contributed by atoms with Crippen molar-refractivity contribution in [1.82, 2.24) is 15.5 Å². The van der Waals surface area contributed by atoms with Gasteiger partial charge in [-0.3, -0.25) is 0 Å². The van der Waals surface area contributed by atoms with Crippen molar-refractivity contribution in [1.29, 1.82) is 0 Å². The molecule has 0 spiro atoms. The van der Waals surface area contributed by atoms with Crippen LogP contribution in [0.1, 0.15) is 113 Å². The summed E-state index contributed by atoms with van der Waals surface area (Å²) in [6.45, 7) is 29.3. The Labute approximate surface area is 253 Å². The molecule has 41 heavy (non-hydrogen) atoms. The highest BCUT2D eigenvalue weighted by Gasteiger charge is 2.38. The van der Waals surface area contributed by atoms with Gasteiger partial charge in [-0.15, -0.1) is 0 Å². The predicted octanol–water partition coefficient (Wildman–Crippen LogP) is 7.04. The first-order valence-electron chi connectivity index (χ1n) is 16.7. The van der Waals surface area contributed by atoms with E-state index in [1.54, 1.807) is 0 Å². The van der Waals surface area contributed by atoms with E-state index in [0.29, 0.717) is 29.7 Å². The van der Waals surface area contributed by atoms with Crippen LogP contribution in [0.3, 0.4) is 0 Å². The average Bonchev–Trinajstić information content (AvgIpc) is 3.24. The molecule has 3 fully saturated rings. The molecule has 2 heterocycles. The molecule has 1 saturated carbocycles. The molecule has 0 radical (unpaired) electrons. The molecular formula is C36H64N4O. The molecule has 1 aliphatic carbocycles. The molecule has 5 heteroatoms. The molecule has 5 nitrogen and oxygen atoms in total. The second kappa shape index (κ2) is 12.8. The molecule has 2 N–H and O–H groups in total. The molecule has 234 valence electrons. The Hall–Kier alpha value is -1.14. The van der Waals surface area contributed by atoms with Crippen LogP contribution in [0.5, 0.6) is 0 Å². The maximum absolute atomic E-state index is 6.53. The molecule has 1 aromatic carbocycles. The fourth-order valence-electron chi connectivity index (χ4n) is 7.91. The normalized spacial score (nSPS) is 25.5. The zero-order valence-corrected chi connectivity index (χ0v) is 28.4. The summed E-state index contributed by atoms with van der Waals surface area (Å²) in [5.41, 5.74) is 3.72. The van der Waals surface area contributed by atoms with Gasteiger partial charge in [-0.2, -0.15) is 0 Å². The number of ether oxygens (including phenoxy) is 1. The smallest absolute Gasteiger partial charge is 0.0608 e. The van der Waals surface area contributed by atoms with Crippen molar-refractivity contribution in [3.63, 3.8) is 0 Å². The second-order valence-electron chi connectivity index (χ2n) is 17.5. The number of piperidine rings is 1. The van der Waals surface area contributed by atoms with Gasteiger partial charge in [-0.25, -0.2) is 0 Å². The number of rotatable bonds is 11. The number of nitrogens with zero attached hydrogens (tertiary/aromatic N) is 2. The Kier molecular flexibility index (Phi) is 10.3. The van der Waals surface area contributed by atoms with Gasteiger partial charge in [0, 0.05) is 61.6 Å². The van der Waals surface area contributed by atoms with Crippen molar-refractivity contribution in [3.8, 4) is 0 Å².